The van der Waals surface area contributed by atoms with Crippen molar-refractivity contribution in [2.75, 3.05) is 27.4 Å². The molecule has 0 saturated carbocycles. The molecule has 1 aliphatic rings. The van der Waals surface area contributed by atoms with Crippen molar-refractivity contribution in [3.05, 3.63) is 29.8 Å². The van der Waals surface area contributed by atoms with E-state index < -0.39 is 5.41 Å². The molecule has 0 aliphatic carbocycles. The predicted octanol–water partition coefficient (Wildman–Crippen LogP) is 2.16. The first-order valence-electron chi connectivity index (χ1n) is 6.41. The molecule has 2 rings (SSSR count). The number of carbonyl (C=O) groups excluding carboxylic acids is 1. The minimum absolute atomic E-state index is 0.204. The largest absolute Gasteiger partial charge is 0.497 e. The van der Waals surface area contributed by atoms with Crippen LogP contribution in [-0.2, 0) is 19.7 Å². The summed E-state index contributed by atoms with van der Waals surface area (Å²) >= 11 is 0. The fraction of sp³-hybridized carbons (Fsp3) is 0.533. The van der Waals surface area contributed by atoms with Crippen LogP contribution in [0, 0.1) is 5.92 Å². The molecule has 0 amide bonds. The molecule has 1 fully saturated rings. The molecule has 1 aromatic carbocycles. The average molecular weight is 264 g/mol. The van der Waals surface area contributed by atoms with Gasteiger partial charge in [0.05, 0.1) is 32.8 Å². The number of benzene rings is 1. The summed E-state index contributed by atoms with van der Waals surface area (Å²) in [7, 11) is 3.06. The minimum Gasteiger partial charge on any atom is -0.497 e. The fourth-order valence-corrected chi connectivity index (χ4v) is 2.48. The lowest BCUT2D eigenvalue weighted by molar-refractivity contribution is -0.149. The predicted molar refractivity (Wildman–Crippen MR) is 71.3 cm³/mol. The molecular formula is C15H20O4. The van der Waals surface area contributed by atoms with E-state index in [4.69, 9.17) is 14.2 Å². The van der Waals surface area contributed by atoms with E-state index in [-0.39, 0.29) is 5.97 Å². The summed E-state index contributed by atoms with van der Waals surface area (Å²) in [4.78, 5) is 12.2. The van der Waals surface area contributed by atoms with Gasteiger partial charge < -0.3 is 14.2 Å². The minimum atomic E-state index is -0.629. The molecule has 1 aromatic rings. The Morgan fingerprint density at radius 3 is 2.37 bits per heavy atom. The summed E-state index contributed by atoms with van der Waals surface area (Å²) in [6, 6.07) is 7.59. The van der Waals surface area contributed by atoms with Gasteiger partial charge in [0, 0.05) is 5.92 Å². The fourth-order valence-electron chi connectivity index (χ4n) is 2.48. The van der Waals surface area contributed by atoms with Crippen molar-refractivity contribution in [3.8, 4) is 5.75 Å². The van der Waals surface area contributed by atoms with Crippen molar-refractivity contribution < 1.29 is 19.0 Å². The van der Waals surface area contributed by atoms with Gasteiger partial charge in [-0.1, -0.05) is 12.1 Å². The molecule has 0 spiro atoms. The molecule has 104 valence electrons. The maximum atomic E-state index is 12.2. The lowest BCUT2D eigenvalue weighted by atomic mass is 9.75. The van der Waals surface area contributed by atoms with Crippen LogP contribution in [0.3, 0.4) is 0 Å². The third-order valence-electron chi connectivity index (χ3n) is 3.77. The van der Waals surface area contributed by atoms with E-state index in [1.54, 1.807) is 7.11 Å². The Kier molecular flexibility index (Phi) is 4.10. The Morgan fingerprint density at radius 2 is 1.95 bits per heavy atom. The second-order valence-corrected chi connectivity index (χ2v) is 5.16. The summed E-state index contributed by atoms with van der Waals surface area (Å²) in [5, 5.41) is 0. The van der Waals surface area contributed by atoms with E-state index >= 15 is 0 Å². The van der Waals surface area contributed by atoms with Crippen molar-refractivity contribution in [3.63, 3.8) is 0 Å². The normalized spacial score (nSPS) is 18.3. The summed E-state index contributed by atoms with van der Waals surface area (Å²) in [5.74, 6) is 0.999. The number of methoxy groups -OCH3 is 2. The molecule has 1 aliphatic heterocycles. The second kappa shape index (κ2) is 5.61. The first-order chi connectivity index (χ1) is 9.10. The number of esters is 1. The lowest BCUT2D eigenvalue weighted by Crippen LogP contribution is -2.41. The third kappa shape index (κ3) is 2.73. The highest BCUT2D eigenvalue weighted by molar-refractivity contribution is 5.82. The van der Waals surface area contributed by atoms with Crippen molar-refractivity contribution in [2.45, 2.75) is 18.8 Å². The van der Waals surface area contributed by atoms with Crippen LogP contribution in [0.15, 0.2) is 24.3 Å². The van der Waals surface area contributed by atoms with Crippen molar-refractivity contribution in [1.82, 2.24) is 0 Å². The quantitative estimate of drug-likeness (QED) is 0.764. The molecule has 0 bridgehead atoms. The summed E-state index contributed by atoms with van der Waals surface area (Å²) in [6.07, 6.45) is 0.742. The summed E-state index contributed by atoms with van der Waals surface area (Å²) < 4.78 is 15.3. The molecule has 1 saturated heterocycles. The Morgan fingerprint density at radius 1 is 1.32 bits per heavy atom. The van der Waals surface area contributed by atoms with Crippen LogP contribution in [0.5, 0.6) is 5.75 Å². The molecule has 0 radical (unpaired) electrons. The van der Waals surface area contributed by atoms with E-state index in [1.807, 2.05) is 31.2 Å². The topological polar surface area (TPSA) is 44.8 Å². The van der Waals surface area contributed by atoms with Gasteiger partial charge in [0.15, 0.2) is 0 Å². The van der Waals surface area contributed by atoms with Gasteiger partial charge in [0.25, 0.3) is 0 Å². The van der Waals surface area contributed by atoms with Gasteiger partial charge >= 0.3 is 5.97 Å². The highest BCUT2D eigenvalue weighted by Crippen LogP contribution is 2.35. The number of carbonyl (C=O) groups is 1. The van der Waals surface area contributed by atoms with Crippen LogP contribution in [0.1, 0.15) is 18.9 Å². The molecule has 1 atom stereocenters. The maximum Gasteiger partial charge on any atom is 0.316 e. The van der Waals surface area contributed by atoms with E-state index in [1.165, 1.54) is 7.11 Å². The Balaban J connectivity index is 2.26. The van der Waals surface area contributed by atoms with Crippen LogP contribution in [0.2, 0.25) is 0 Å². The van der Waals surface area contributed by atoms with Crippen molar-refractivity contribution in [2.24, 2.45) is 5.92 Å². The zero-order valence-corrected chi connectivity index (χ0v) is 11.6. The highest BCUT2D eigenvalue weighted by atomic mass is 16.5. The summed E-state index contributed by atoms with van der Waals surface area (Å²) in [6.45, 7) is 3.38. The van der Waals surface area contributed by atoms with Gasteiger partial charge in [-0.05, 0) is 31.0 Å². The molecule has 4 heteroatoms. The molecule has 4 nitrogen and oxygen atoms in total. The zero-order chi connectivity index (χ0) is 13.9. The van der Waals surface area contributed by atoms with E-state index in [9.17, 15) is 4.79 Å². The Hall–Kier alpha value is -1.55. The average Bonchev–Trinajstić information content (AvgIpc) is 2.41. The summed E-state index contributed by atoms with van der Waals surface area (Å²) in [5.41, 5.74) is 0.321. The monoisotopic (exact) mass is 264 g/mol. The second-order valence-electron chi connectivity index (χ2n) is 5.16. The van der Waals surface area contributed by atoms with E-state index in [0.717, 1.165) is 30.9 Å². The lowest BCUT2D eigenvalue weighted by Gasteiger charge is -2.35. The smallest absolute Gasteiger partial charge is 0.316 e. The van der Waals surface area contributed by atoms with Crippen LogP contribution in [0.4, 0.5) is 0 Å². The zero-order valence-electron chi connectivity index (χ0n) is 11.6. The van der Waals surface area contributed by atoms with Crippen LogP contribution < -0.4 is 4.74 Å². The molecule has 1 heterocycles. The van der Waals surface area contributed by atoms with Crippen LogP contribution in [-0.4, -0.2) is 33.4 Å². The van der Waals surface area contributed by atoms with E-state index in [2.05, 4.69) is 0 Å². The third-order valence-corrected chi connectivity index (χ3v) is 3.77. The van der Waals surface area contributed by atoms with Crippen LogP contribution in [0.25, 0.3) is 0 Å². The number of hydrogen-bond donors (Lipinski definition) is 0. The number of rotatable bonds is 5. The van der Waals surface area contributed by atoms with Crippen molar-refractivity contribution in [1.29, 1.82) is 0 Å². The van der Waals surface area contributed by atoms with Crippen LogP contribution >= 0.6 is 0 Å². The molecular weight excluding hydrogens is 244 g/mol. The Bertz CT molecular complexity index is 436. The van der Waals surface area contributed by atoms with Crippen molar-refractivity contribution >= 4 is 5.97 Å². The van der Waals surface area contributed by atoms with Gasteiger partial charge in [-0.15, -0.1) is 0 Å². The Labute approximate surface area is 113 Å². The van der Waals surface area contributed by atoms with Gasteiger partial charge in [-0.3, -0.25) is 4.79 Å². The molecule has 0 N–H and O–H groups in total. The standard InChI is InChI=1S/C15H20O4/c1-15(14(16)18-3,8-11-9-19-10-11)12-4-6-13(17-2)7-5-12/h4-7,11H,8-10H2,1-3H3. The molecule has 0 aromatic heterocycles. The first kappa shape index (κ1) is 13.9. The van der Waals surface area contributed by atoms with Gasteiger partial charge in [0.2, 0.25) is 0 Å². The maximum absolute atomic E-state index is 12.2. The number of hydrogen-bond acceptors (Lipinski definition) is 4. The SMILES string of the molecule is COC(=O)C(C)(CC1COC1)c1ccc(OC)cc1. The van der Waals surface area contributed by atoms with Gasteiger partial charge in [-0.25, -0.2) is 0 Å². The number of ether oxygens (including phenoxy) is 3. The molecule has 1 unspecified atom stereocenters. The molecule has 19 heavy (non-hydrogen) atoms. The van der Waals surface area contributed by atoms with E-state index in [0.29, 0.717) is 5.92 Å². The van der Waals surface area contributed by atoms with Gasteiger partial charge in [0.1, 0.15) is 5.75 Å². The van der Waals surface area contributed by atoms with Gasteiger partial charge in [-0.2, -0.15) is 0 Å². The first-order valence-corrected chi connectivity index (χ1v) is 6.41. The highest BCUT2D eigenvalue weighted by Gasteiger charge is 2.40.